The third kappa shape index (κ3) is 2.12. The molecule has 0 saturated heterocycles. The van der Waals surface area contributed by atoms with Crippen LogP contribution < -0.4 is 0 Å². The number of hydrogen-bond donors (Lipinski definition) is 2. The number of carbonyl (C=O) groups is 1. The van der Waals surface area contributed by atoms with Gasteiger partial charge in [0.15, 0.2) is 0 Å². The molecule has 0 radical (unpaired) electrons. The fourth-order valence-electron chi connectivity index (χ4n) is 7.63. The predicted octanol–water partition coefficient (Wildman–Crippen LogP) is 5.32. The van der Waals surface area contributed by atoms with E-state index in [1.165, 1.54) is 44.9 Å². The molecule has 4 saturated carbocycles. The highest BCUT2D eigenvalue weighted by molar-refractivity contribution is 5.85. The Bertz CT molecular complexity index is 580. The molecule has 0 amide bonds. The SMILES string of the molecule is C[C@]12CCCCC1CC[C@@H]1[C@@H]2CC[C@]2(C)C(=C(O)C(=O)O)CC[C@@H]12. The number of carboxylic acid groups (broad SMARTS) is 1. The van der Waals surface area contributed by atoms with E-state index < -0.39 is 5.97 Å². The second kappa shape index (κ2) is 5.51. The third-order valence-electron chi connectivity index (χ3n) is 8.86. The topological polar surface area (TPSA) is 57.5 Å². The van der Waals surface area contributed by atoms with Crippen molar-refractivity contribution in [3.05, 3.63) is 11.3 Å². The minimum atomic E-state index is -1.14. The van der Waals surface area contributed by atoms with Crippen molar-refractivity contribution in [1.82, 2.24) is 0 Å². The normalized spacial score (nSPS) is 49.8. The number of aliphatic hydroxyl groups is 1. The smallest absolute Gasteiger partial charge is 0.370 e. The molecule has 4 aliphatic carbocycles. The minimum absolute atomic E-state index is 0.0818. The summed E-state index contributed by atoms with van der Waals surface area (Å²) >= 11 is 0. The molecule has 4 aliphatic rings. The fraction of sp³-hybridized carbons (Fsp3) is 0.857. The Morgan fingerprint density at radius 3 is 2.50 bits per heavy atom. The van der Waals surface area contributed by atoms with Crippen LogP contribution in [0.25, 0.3) is 0 Å². The number of allylic oxidation sites excluding steroid dienone is 1. The quantitative estimate of drug-likeness (QED) is 0.505. The number of hydrogen-bond acceptors (Lipinski definition) is 2. The molecular weight excluding hydrogens is 300 g/mol. The average molecular weight is 332 g/mol. The molecule has 0 spiro atoms. The van der Waals surface area contributed by atoms with Gasteiger partial charge < -0.3 is 10.2 Å². The molecule has 134 valence electrons. The lowest BCUT2D eigenvalue weighted by Crippen LogP contribution is -2.52. The monoisotopic (exact) mass is 332 g/mol. The molecule has 3 heteroatoms. The van der Waals surface area contributed by atoms with Crippen LogP contribution in [-0.2, 0) is 4.79 Å². The van der Waals surface area contributed by atoms with Crippen molar-refractivity contribution < 1.29 is 15.0 Å². The molecule has 0 aromatic carbocycles. The molecule has 4 fully saturated rings. The maximum atomic E-state index is 11.3. The van der Waals surface area contributed by atoms with E-state index in [9.17, 15) is 15.0 Å². The Morgan fingerprint density at radius 2 is 1.75 bits per heavy atom. The standard InChI is InChI=1S/C21H32O3/c1-20-11-4-3-5-13(20)6-7-14-15-8-9-17(18(22)19(23)24)21(15,2)12-10-16(14)20/h13-16,22H,3-12H2,1-2H3,(H,23,24)/t13?,14-,15-,16-,20-,21-/m0/s1. The van der Waals surface area contributed by atoms with E-state index in [4.69, 9.17) is 0 Å². The van der Waals surface area contributed by atoms with Crippen LogP contribution in [-0.4, -0.2) is 16.2 Å². The Balaban J connectivity index is 1.66. The zero-order valence-corrected chi connectivity index (χ0v) is 15.2. The van der Waals surface area contributed by atoms with E-state index in [2.05, 4.69) is 13.8 Å². The summed E-state index contributed by atoms with van der Waals surface area (Å²) in [4.78, 5) is 11.3. The van der Waals surface area contributed by atoms with Crippen molar-refractivity contribution in [1.29, 1.82) is 0 Å². The molecular formula is C21H32O3. The fourth-order valence-corrected chi connectivity index (χ4v) is 7.63. The van der Waals surface area contributed by atoms with Gasteiger partial charge in [0.25, 0.3) is 0 Å². The molecule has 0 heterocycles. The first-order valence-electron chi connectivity index (χ1n) is 10.0. The highest BCUT2D eigenvalue weighted by Crippen LogP contribution is 2.67. The van der Waals surface area contributed by atoms with Gasteiger partial charge in [-0.2, -0.15) is 0 Å². The summed E-state index contributed by atoms with van der Waals surface area (Å²) in [5, 5.41) is 19.4. The van der Waals surface area contributed by atoms with Gasteiger partial charge >= 0.3 is 5.97 Å². The van der Waals surface area contributed by atoms with Crippen molar-refractivity contribution in [2.24, 2.45) is 34.5 Å². The zero-order valence-electron chi connectivity index (χ0n) is 15.2. The Morgan fingerprint density at radius 1 is 0.958 bits per heavy atom. The van der Waals surface area contributed by atoms with Gasteiger partial charge in [0.1, 0.15) is 0 Å². The summed E-state index contributed by atoms with van der Waals surface area (Å²) in [6.45, 7) is 4.81. The molecule has 4 rings (SSSR count). The van der Waals surface area contributed by atoms with Crippen LogP contribution in [0.2, 0.25) is 0 Å². The Kier molecular flexibility index (Phi) is 3.78. The first-order valence-corrected chi connectivity index (χ1v) is 10.0. The average Bonchev–Trinajstić information content (AvgIpc) is 2.90. The van der Waals surface area contributed by atoms with Gasteiger partial charge in [0.05, 0.1) is 0 Å². The number of aliphatic carboxylic acids is 1. The Labute approximate surface area is 145 Å². The maximum Gasteiger partial charge on any atom is 0.370 e. The molecule has 3 nitrogen and oxygen atoms in total. The van der Waals surface area contributed by atoms with E-state index in [1.807, 2.05) is 0 Å². The van der Waals surface area contributed by atoms with Gasteiger partial charge in [-0.05, 0) is 91.4 Å². The Hall–Kier alpha value is -0.990. The lowest BCUT2D eigenvalue weighted by Gasteiger charge is -2.60. The lowest BCUT2D eigenvalue weighted by atomic mass is 9.45. The molecule has 0 aliphatic heterocycles. The van der Waals surface area contributed by atoms with Crippen LogP contribution in [0, 0.1) is 34.5 Å². The highest BCUT2D eigenvalue weighted by Gasteiger charge is 2.59. The second-order valence-corrected chi connectivity index (χ2v) is 9.53. The first-order chi connectivity index (χ1) is 11.4. The van der Waals surface area contributed by atoms with Crippen LogP contribution in [0.1, 0.15) is 78.1 Å². The van der Waals surface area contributed by atoms with Crippen LogP contribution in [0.4, 0.5) is 0 Å². The molecule has 2 N–H and O–H groups in total. The predicted molar refractivity (Wildman–Crippen MR) is 93.6 cm³/mol. The largest absolute Gasteiger partial charge is 0.502 e. The van der Waals surface area contributed by atoms with E-state index in [0.717, 1.165) is 42.6 Å². The highest BCUT2D eigenvalue weighted by atomic mass is 16.4. The summed E-state index contributed by atoms with van der Waals surface area (Å²) in [6, 6.07) is 0. The molecule has 0 aromatic rings. The molecule has 24 heavy (non-hydrogen) atoms. The first kappa shape index (κ1) is 16.5. The van der Waals surface area contributed by atoms with Crippen molar-refractivity contribution >= 4 is 5.97 Å². The van der Waals surface area contributed by atoms with Crippen molar-refractivity contribution in [2.75, 3.05) is 0 Å². The summed E-state index contributed by atoms with van der Waals surface area (Å²) in [5.41, 5.74) is 1.28. The molecule has 1 unspecified atom stereocenters. The second-order valence-electron chi connectivity index (χ2n) is 9.53. The van der Waals surface area contributed by atoms with Gasteiger partial charge in [0.2, 0.25) is 5.76 Å². The minimum Gasteiger partial charge on any atom is -0.502 e. The number of fused-ring (bicyclic) bond motifs is 5. The van der Waals surface area contributed by atoms with E-state index in [0.29, 0.717) is 11.3 Å². The molecule has 6 atom stereocenters. The summed E-state index contributed by atoms with van der Waals surface area (Å²) in [5.74, 6) is 1.56. The number of aliphatic hydroxyl groups excluding tert-OH is 1. The van der Waals surface area contributed by atoms with Gasteiger partial charge in [-0.15, -0.1) is 0 Å². The number of carboxylic acids is 1. The van der Waals surface area contributed by atoms with Crippen molar-refractivity contribution in [3.8, 4) is 0 Å². The van der Waals surface area contributed by atoms with Crippen LogP contribution in [0.5, 0.6) is 0 Å². The molecule has 0 aromatic heterocycles. The zero-order chi connectivity index (χ0) is 17.1. The maximum absolute atomic E-state index is 11.3. The van der Waals surface area contributed by atoms with Crippen molar-refractivity contribution in [2.45, 2.75) is 78.1 Å². The van der Waals surface area contributed by atoms with E-state index >= 15 is 0 Å². The van der Waals surface area contributed by atoms with Crippen molar-refractivity contribution in [3.63, 3.8) is 0 Å². The van der Waals surface area contributed by atoms with Crippen LogP contribution in [0.3, 0.4) is 0 Å². The number of rotatable bonds is 1. The lowest BCUT2D eigenvalue weighted by molar-refractivity contribution is -0.136. The molecule has 0 bridgehead atoms. The van der Waals surface area contributed by atoms with Gasteiger partial charge in [-0.1, -0.05) is 26.7 Å². The summed E-state index contributed by atoms with van der Waals surface area (Å²) in [6.07, 6.45) is 12.5. The van der Waals surface area contributed by atoms with Gasteiger partial charge in [-0.3, -0.25) is 0 Å². The van der Waals surface area contributed by atoms with Crippen LogP contribution >= 0.6 is 0 Å². The summed E-state index contributed by atoms with van der Waals surface area (Å²) in [7, 11) is 0. The third-order valence-corrected chi connectivity index (χ3v) is 8.86. The summed E-state index contributed by atoms with van der Waals surface area (Å²) < 4.78 is 0. The van der Waals surface area contributed by atoms with E-state index in [-0.39, 0.29) is 11.2 Å². The van der Waals surface area contributed by atoms with Gasteiger partial charge in [0, 0.05) is 0 Å². The van der Waals surface area contributed by atoms with Crippen LogP contribution in [0.15, 0.2) is 11.3 Å². The van der Waals surface area contributed by atoms with E-state index in [1.54, 1.807) is 0 Å². The van der Waals surface area contributed by atoms with Gasteiger partial charge in [-0.25, -0.2) is 4.79 Å².